The number of rotatable bonds is 7. The number of nitrogens with zero attached hydrogens (tertiary/aromatic N) is 3. The minimum Gasteiger partial charge on any atom is -0.336 e. The molecule has 0 aromatic carbocycles. The second-order valence-electron chi connectivity index (χ2n) is 5.16. The molecule has 0 radical (unpaired) electrons. The summed E-state index contributed by atoms with van der Waals surface area (Å²) in [5.74, 6) is 0. The highest BCUT2D eigenvalue weighted by atomic mass is 32.1. The first-order chi connectivity index (χ1) is 9.35. The summed E-state index contributed by atoms with van der Waals surface area (Å²) < 4.78 is 2.07. The fraction of sp³-hybridized carbons (Fsp3) is 0.500. The van der Waals surface area contributed by atoms with Gasteiger partial charge >= 0.3 is 0 Å². The standard InChI is InChI=1S/C14H20N4S/c15-4-5-17-8-13(16-11-17)9-18(14-1-2-14)7-12-3-6-19-10-12/h3,6,8,10-11,14H,1-2,4-5,7,9,15H2. The van der Waals surface area contributed by atoms with E-state index in [9.17, 15) is 0 Å². The molecule has 0 bridgehead atoms. The molecule has 2 heterocycles. The molecule has 0 saturated heterocycles. The van der Waals surface area contributed by atoms with Gasteiger partial charge in [-0.15, -0.1) is 0 Å². The van der Waals surface area contributed by atoms with Gasteiger partial charge in [0.15, 0.2) is 0 Å². The lowest BCUT2D eigenvalue weighted by Gasteiger charge is -2.20. The zero-order valence-electron chi connectivity index (χ0n) is 11.0. The van der Waals surface area contributed by atoms with Crippen molar-refractivity contribution < 1.29 is 0 Å². The largest absolute Gasteiger partial charge is 0.336 e. The van der Waals surface area contributed by atoms with Gasteiger partial charge in [0.2, 0.25) is 0 Å². The third kappa shape index (κ3) is 3.43. The van der Waals surface area contributed by atoms with Crippen LogP contribution in [0.1, 0.15) is 24.1 Å². The molecule has 1 aliphatic rings. The van der Waals surface area contributed by atoms with Gasteiger partial charge in [0.05, 0.1) is 12.0 Å². The molecule has 0 atom stereocenters. The lowest BCUT2D eigenvalue weighted by atomic mass is 10.3. The van der Waals surface area contributed by atoms with E-state index >= 15 is 0 Å². The van der Waals surface area contributed by atoms with E-state index in [4.69, 9.17) is 5.73 Å². The van der Waals surface area contributed by atoms with Gasteiger partial charge in [0.1, 0.15) is 0 Å². The van der Waals surface area contributed by atoms with Crippen molar-refractivity contribution in [1.29, 1.82) is 0 Å². The summed E-state index contributed by atoms with van der Waals surface area (Å²) in [5, 5.41) is 4.39. The molecule has 0 aliphatic heterocycles. The van der Waals surface area contributed by atoms with Crippen molar-refractivity contribution in [2.45, 2.75) is 38.5 Å². The van der Waals surface area contributed by atoms with E-state index in [1.807, 2.05) is 6.33 Å². The van der Waals surface area contributed by atoms with Crippen molar-refractivity contribution in [3.05, 3.63) is 40.6 Å². The third-order valence-electron chi connectivity index (χ3n) is 3.47. The lowest BCUT2D eigenvalue weighted by molar-refractivity contribution is 0.243. The maximum atomic E-state index is 5.56. The van der Waals surface area contributed by atoms with Gasteiger partial charge in [-0.3, -0.25) is 4.90 Å². The minimum atomic E-state index is 0.664. The van der Waals surface area contributed by atoms with Crippen molar-refractivity contribution in [3.63, 3.8) is 0 Å². The van der Waals surface area contributed by atoms with Crippen molar-refractivity contribution in [1.82, 2.24) is 14.5 Å². The molecule has 0 spiro atoms. The molecule has 2 aromatic rings. The summed E-state index contributed by atoms with van der Waals surface area (Å²) in [7, 11) is 0. The number of nitrogens with two attached hydrogens (primary N) is 1. The second kappa shape index (κ2) is 5.86. The van der Waals surface area contributed by atoms with Gasteiger partial charge in [0.25, 0.3) is 0 Å². The van der Waals surface area contributed by atoms with Gasteiger partial charge in [-0.25, -0.2) is 4.98 Å². The van der Waals surface area contributed by atoms with Crippen LogP contribution >= 0.6 is 11.3 Å². The number of thiophene rings is 1. The van der Waals surface area contributed by atoms with E-state index in [1.54, 1.807) is 11.3 Å². The van der Waals surface area contributed by atoms with Crippen molar-refractivity contribution in [3.8, 4) is 0 Å². The number of imidazole rings is 1. The highest BCUT2D eigenvalue weighted by Gasteiger charge is 2.29. The predicted octanol–water partition coefficient (Wildman–Crippen LogP) is 2.07. The third-order valence-corrected chi connectivity index (χ3v) is 4.20. The summed E-state index contributed by atoms with van der Waals surface area (Å²) in [6.07, 6.45) is 6.66. The Hall–Kier alpha value is -1.17. The van der Waals surface area contributed by atoms with Crippen LogP contribution in [0.3, 0.4) is 0 Å². The molecule has 4 nitrogen and oxygen atoms in total. The fourth-order valence-corrected chi connectivity index (χ4v) is 3.00. The van der Waals surface area contributed by atoms with Gasteiger partial charge in [0, 0.05) is 38.4 Å². The molecule has 102 valence electrons. The Bertz CT molecular complexity index is 501. The molecule has 5 heteroatoms. The highest BCUT2D eigenvalue weighted by molar-refractivity contribution is 7.07. The average molecular weight is 276 g/mol. The molecule has 2 aromatic heterocycles. The molecular weight excluding hydrogens is 256 g/mol. The van der Waals surface area contributed by atoms with Gasteiger partial charge in [-0.2, -0.15) is 11.3 Å². The van der Waals surface area contributed by atoms with E-state index in [-0.39, 0.29) is 0 Å². The molecule has 1 aliphatic carbocycles. The molecule has 19 heavy (non-hydrogen) atoms. The molecule has 0 unspecified atom stereocenters. The number of hydrogen-bond donors (Lipinski definition) is 1. The first kappa shape index (κ1) is 12.8. The SMILES string of the molecule is NCCn1cnc(CN(Cc2ccsc2)C2CC2)c1. The lowest BCUT2D eigenvalue weighted by Crippen LogP contribution is -2.25. The van der Waals surface area contributed by atoms with Crippen LogP contribution in [0.15, 0.2) is 29.4 Å². The minimum absolute atomic E-state index is 0.664. The Labute approximate surface area is 117 Å². The monoisotopic (exact) mass is 276 g/mol. The topological polar surface area (TPSA) is 47.1 Å². The van der Waals surface area contributed by atoms with Crippen LogP contribution in [-0.2, 0) is 19.6 Å². The van der Waals surface area contributed by atoms with Gasteiger partial charge < -0.3 is 10.3 Å². The van der Waals surface area contributed by atoms with E-state index in [2.05, 4.69) is 37.5 Å². The second-order valence-corrected chi connectivity index (χ2v) is 5.94. The van der Waals surface area contributed by atoms with Crippen LogP contribution in [0.2, 0.25) is 0 Å². The van der Waals surface area contributed by atoms with Gasteiger partial charge in [-0.05, 0) is 35.2 Å². The fourth-order valence-electron chi connectivity index (χ4n) is 2.34. The van der Waals surface area contributed by atoms with Crippen LogP contribution in [0.4, 0.5) is 0 Å². The first-order valence-electron chi connectivity index (χ1n) is 6.81. The zero-order chi connectivity index (χ0) is 13.1. The van der Waals surface area contributed by atoms with Crippen LogP contribution < -0.4 is 5.73 Å². The smallest absolute Gasteiger partial charge is 0.0950 e. The van der Waals surface area contributed by atoms with Crippen LogP contribution in [0.5, 0.6) is 0 Å². The Morgan fingerprint density at radius 1 is 1.42 bits per heavy atom. The molecular formula is C14H20N4S. The highest BCUT2D eigenvalue weighted by Crippen LogP contribution is 2.29. The summed E-state index contributed by atoms with van der Waals surface area (Å²) in [5.41, 5.74) is 8.13. The number of hydrogen-bond acceptors (Lipinski definition) is 4. The Morgan fingerprint density at radius 2 is 2.32 bits per heavy atom. The Morgan fingerprint density at radius 3 is 3.00 bits per heavy atom. The van der Waals surface area contributed by atoms with E-state index in [0.29, 0.717) is 6.54 Å². The zero-order valence-corrected chi connectivity index (χ0v) is 11.9. The predicted molar refractivity (Wildman–Crippen MR) is 77.9 cm³/mol. The molecule has 2 N–H and O–H groups in total. The Kier molecular flexibility index (Phi) is 3.96. The van der Waals surface area contributed by atoms with Crippen molar-refractivity contribution >= 4 is 11.3 Å². The van der Waals surface area contributed by atoms with Crippen molar-refractivity contribution in [2.24, 2.45) is 5.73 Å². The molecule has 1 fully saturated rings. The summed E-state index contributed by atoms with van der Waals surface area (Å²) in [4.78, 5) is 7.02. The van der Waals surface area contributed by atoms with Crippen LogP contribution in [-0.4, -0.2) is 27.0 Å². The van der Waals surface area contributed by atoms with Crippen molar-refractivity contribution in [2.75, 3.05) is 6.54 Å². The summed E-state index contributed by atoms with van der Waals surface area (Å²) in [6.45, 7) is 3.49. The summed E-state index contributed by atoms with van der Waals surface area (Å²) >= 11 is 1.77. The summed E-state index contributed by atoms with van der Waals surface area (Å²) in [6, 6.07) is 2.96. The van der Waals surface area contributed by atoms with Crippen LogP contribution in [0, 0.1) is 0 Å². The number of aromatic nitrogens is 2. The average Bonchev–Trinajstić information content (AvgIpc) is 2.95. The quantitative estimate of drug-likeness (QED) is 0.842. The van der Waals surface area contributed by atoms with E-state index in [1.165, 1.54) is 18.4 Å². The molecule has 3 rings (SSSR count). The van der Waals surface area contributed by atoms with Gasteiger partial charge in [-0.1, -0.05) is 0 Å². The Balaban J connectivity index is 1.63. The van der Waals surface area contributed by atoms with Crippen LogP contribution in [0.25, 0.3) is 0 Å². The molecule has 0 amide bonds. The molecule has 1 saturated carbocycles. The van der Waals surface area contributed by atoms with E-state index in [0.717, 1.165) is 31.4 Å². The first-order valence-corrected chi connectivity index (χ1v) is 7.75. The normalized spacial score (nSPS) is 15.3. The maximum Gasteiger partial charge on any atom is 0.0950 e. The van der Waals surface area contributed by atoms with E-state index < -0.39 is 0 Å². The maximum absolute atomic E-state index is 5.56.